The summed E-state index contributed by atoms with van der Waals surface area (Å²) in [4.78, 5) is 31.0. The first-order valence-corrected chi connectivity index (χ1v) is 7.71. The van der Waals surface area contributed by atoms with E-state index in [9.17, 15) is 9.59 Å². The summed E-state index contributed by atoms with van der Waals surface area (Å²) in [5, 5.41) is 0.467. The van der Waals surface area contributed by atoms with E-state index in [-0.39, 0.29) is 18.1 Å². The molecule has 22 heavy (non-hydrogen) atoms. The van der Waals surface area contributed by atoms with Crippen molar-refractivity contribution in [1.29, 1.82) is 0 Å². The Morgan fingerprint density at radius 1 is 1.41 bits per heavy atom. The Kier molecular flexibility index (Phi) is 5.48. The van der Waals surface area contributed by atoms with Crippen molar-refractivity contribution < 1.29 is 19.1 Å². The third-order valence-corrected chi connectivity index (χ3v) is 3.18. The molecule has 0 amide bonds. The van der Waals surface area contributed by atoms with Gasteiger partial charge in [0, 0.05) is 11.8 Å². The molecule has 0 saturated carbocycles. The van der Waals surface area contributed by atoms with Crippen LogP contribution in [0.1, 0.15) is 27.6 Å². The normalized spacial score (nSPS) is 10.1. The highest BCUT2D eigenvalue weighted by Gasteiger charge is 2.18. The molecule has 2 aromatic rings. The Labute approximate surface area is 131 Å². The first kappa shape index (κ1) is 16.0. The zero-order valence-corrected chi connectivity index (χ0v) is 12.9. The van der Waals surface area contributed by atoms with Crippen LogP contribution >= 0.6 is 11.8 Å². The summed E-state index contributed by atoms with van der Waals surface area (Å²) in [6, 6.07) is 6.56. The van der Waals surface area contributed by atoms with Gasteiger partial charge in [-0.25, -0.2) is 9.78 Å². The molecule has 0 atom stereocenters. The van der Waals surface area contributed by atoms with Gasteiger partial charge < -0.3 is 9.47 Å². The minimum absolute atomic E-state index is 0.0980. The fraction of sp³-hybridized carbons (Fsp3) is 0.200. The summed E-state index contributed by atoms with van der Waals surface area (Å²) in [7, 11) is 0. The van der Waals surface area contributed by atoms with Gasteiger partial charge in [0.1, 0.15) is 17.6 Å². The molecule has 0 aliphatic rings. The second-order valence-corrected chi connectivity index (χ2v) is 4.86. The average molecular weight is 318 g/mol. The zero-order valence-electron chi connectivity index (χ0n) is 12.1. The van der Waals surface area contributed by atoms with E-state index in [1.54, 1.807) is 31.2 Å². The molecule has 1 aromatic carbocycles. The number of hydrogen-bond donors (Lipinski definition) is 0. The number of aromatic nitrogens is 2. The average Bonchev–Trinajstić information content (AvgIpc) is 2.55. The lowest BCUT2D eigenvalue weighted by atomic mass is 10.2. The Hall–Kier alpha value is -2.41. The van der Waals surface area contributed by atoms with E-state index in [0.717, 1.165) is 0 Å². The van der Waals surface area contributed by atoms with E-state index in [0.29, 0.717) is 22.8 Å². The van der Waals surface area contributed by atoms with Crippen molar-refractivity contribution >= 4 is 24.0 Å². The minimum atomic E-state index is -0.559. The van der Waals surface area contributed by atoms with Crippen LogP contribution in [0.4, 0.5) is 0 Å². The van der Waals surface area contributed by atoms with Crippen LogP contribution in [0.5, 0.6) is 11.6 Å². The number of esters is 1. The van der Waals surface area contributed by atoms with E-state index in [4.69, 9.17) is 9.47 Å². The number of hydrogen-bond acceptors (Lipinski definition) is 7. The topological polar surface area (TPSA) is 78.4 Å². The molecule has 114 valence electrons. The third kappa shape index (κ3) is 3.82. The second kappa shape index (κ2) is 7.56. The molecule has 2 rings (SSSR count). The zero-order chi connectivity index (χ0) is 15.9. The number of thioether (sulfide) groups is 1. The summed E-state index contributed by atoms with van der Waals surface area (Å²) in [5.41, 5.74) is 0.602. The van der Waals surface area contributed by atoms with Gasteiger partial charge in [-0.05, 0) is 25.3 Å². The highest BCUT2D eigenvalue weighted by Crippen LogP contribution is 2.26. The van der Waals surface area contributed by atoms with E-state index in [1.165, 1.54) is 18.0 Å². The number of rotatable bonds is 6. The molecule has 0 fully saturated rings. The SMILES string of the molecule is CCOC(=O)c1cnc(SC)nc1Oc1cccc(C=O)c1. The summed E-state index contributed by atoms with van der Waals surface area (Å²) in [6.45, 7) is 1.95. The second-order valence-electron chi connectivity index (χ2n) is 4.09. The quantitative estimate of drug-likeness (QED) is 0.350. The number of nitrogens with zero attached hydrogens (tertiary/aromatic N) is 2. The highest BCUT2D eigenvalue weighted by atomic mass is 32.2. The van der Waals surface area contributed by atoms with Gasteiger partial charge in [0.05, 0.1) is 6.61 Å². The van der Waals surface area contributed by atoms with Gasteiger partial charge >= 0.3 is 5.97 Å². The molecule has 0 bridgehead atoms. The monoisotopic (exact) mass is 318 g/mol. The fourth-order valence-corrected chi connectivity index (χ4v) is 1.97. The van der Waals surface area contributed by atoms with Crippen molar-refractivity contribution in [2.75, 3.05) is 12.9 Å². The van der Waals surface area contributed by atoms with Crippen LogP contribution in [-0.2, 0) is 4.74 Å². The molecule has 1 heterocycles. The summed E-state index contributed by atoms with van der Waals surface area (Å²) >= 11 is 1.32. The standard InChI is InChI=1S/C15H14N2O4S/c1-3-20-14(19)12-8-16-15(22-2)17-13(12)21-11-6-4-5-10(7-11)9-18/h4-9H,3H2,1-2H3. The van der Waals surface area contributed by atoms with Gasteiger partial charge in [0.25, 0.3) is 0 Å². The molecular weight excluding hydrogens is 304 g/mol. The predicted octanol–water partition coefficient (Wildman–Crippen LogP) is 2.98. The third-order valence-electron chi connectivity index (χ3n) is 2.62. The molecule has 0 radical (unpaired) electrons. The predicted molar refractivity (Wildman–Crippen MR) is 81.7 cm³/mol. The molecule has 0 aliphatic heterocycles. The van der Waals surface area contributed by atoms with E-state index < -0.39 is 5.97 Å². The first-order valence-electron chi connectivity index (χ1n) is 6.49. The van der Waals surface area contributed by atoms with Gasteiger partial charge in [-0.15, -0.1) is 0 Å². The molecular formula is C15H14N2O4S. The van der Waals surface area contributed by atoms with Crippen LogP contribution in [0.15, 0.2) is 35.6 Å². The van der Waals surface area contributed by atoms with Gasteiger partial charge in [-0.2, -0.15) is 4.98 Å². The van der Waals surface area contributed by atoms with Crippen LogP contribution in [0, 0.1) is 0 Å². The summed E-state index contributed by atoms with van der Waals surface area (Å²) < 4.78 is 10.6. The van der Waals surface area contributed by atoms with E-state index in [2.05, 4.69) is 9.97 Å². The van der Waals surface area contributed by atoms with Gasteiger partial charge in [0.2, 0.25) is 5.88 Å². The smallest absolute Gasteiger partial charge is 0.345 e. The molecule has 0 saturated heterocycles. The fourth-order valence-electron chi connectivity index (χ4n) is 1.64. The van der Waals surface area contributed by atoms with E-state index in [1.807, 2.05) is 6.26 Å². The molecule has 1 aromatic heterocycles. The van der Waals surface area contributed by atoms with E-state index >= 15 is 0 Å². The Morgan fingerprint density at radius 3 is 2.91 bits per heavy atom. The number of ether oxygens (including phenoxy) is 2. The van der Waals surface area contributed by atoms with Crippen LogP contribution in [0.3, 0.4) is 0 Å². The van der Waals surface area contributed by atoms with Crippen molar-refractivity contribution in [3.63, 3.8) is 0 Å². The highest BCUT2D eigenvalue weighted by molar-refractivity contribution is 7.98. The number of benzene rings is 1. The largest absolute Gasteiger partial charge is 0.462 e. The number of aldehydes is 1. The van der Waals surface area contributed by atoms with Crippen molar-refractivity contribution in [3.8, 4) is 11.6 Å². The molecule has 6 nitrogen and oxygen atoms in total. The van der Waals surface area contributed by atoms with Crippen molar-refractivity contribution in [2.45, 2.75) is 12.1 Å². The van der Waals surface area contributed by atoms with Crippen LogP contribution in [-0.4, -0.2) is 35.1 Å². The van der Waals surface area contributed by atoms with Crippen LogP contribution < -0.4 is 4.74 Å². The van der Waals surface area contributed by atoms with Crippen molar-refractivity contribution in [1.82, 2.24) is 9.97 Å². The molecule has 0 unspecified atom stereocenters. The van der Waals surface area contributed by atoms with Crippen molar-refractivity contribution in [3.05, 3.63) is 41.6 Å². The Morgan fingerprint density at radius 2 is 2.23 bits per heavy atom. The Balaban J connectivity index is 2.38. The molecule has 7 heteroatoms. The maximum atomic E-state index is 11.9. The van der Waals surface area contributed by atoms with Gasteiger partial charge in [-0.3, -0.25) is 4.79 Å². The Bertz CT molecular complexity index is 691. The van der Waals surface area contributed by atoms with Crippen LogP contribution in [0.2, 0.25) is 0 Å². The summed E-state index contributed by atoms with van der Waals surface area (Å²) in [5.74, 6) is -0.0570. The minimum Gasteiger partial charge on any atom is -0.462 e. The summed E-state index contributed by atoms with van der Waals surface area (Å²) in [6.07, 6.45) is 3.90. The molecule has 0 spiro atoms. The van der Waals surface area contributed by atoms with Gasteiger partial charge in [0.15, 0.2) is 5.16 Å². The lowest BCUT2D eigenvalue weighted by molar-refractivity contribution is 0.0521. The lowest BCUT2D eigenvalue weighted by Crippen LogP contribution is -2.09. The number of carbonyl (C=O) groups excluding carboxylic acids is 2. The van der Waals surface area contributed by atoms with Gasteiger partial charge in [-0.1, -0.05) is 23.9 Å². The maximum absolute atomic E-state index is 11.9. The molecule has 0 N–H and O–H groups in total. The van der Waals surface area contributed by atoms with Crippen LogP contribution in [0.25, 0.3) is 0 Å². The molecule has 0 aliphatic carbocycles. The number of carbonyl (C=O) groups is 2. The maximum Gasteiger partial charge on any atom is 0.345 e. The first-order chi connectivity index (χ1) is 10.7. The lowest BCUT2D eigenvalue weighted by Gasteiger charge is -2.10. The van der Waals surface area contributed by atoms with Crippen molar-refractivity contribution in [2.24, 2.45) is 0 Å².